The van der Waals surface area contributed by atoms with Crippen LogP contribution in [-0.4, -0.2) is 37.3 Å². The summed E-state index contributed by atoms with van der Waals surface area (Å²) in [5.41, 5.74) is 0.951. The van der Waals surface area contributed by atoms with Crippen molar-refractivity contribution in [2.45, 2.75) is 20.4 Å². The second-order valence-electron chi connectivity index (χ2n) is 3.27. The Hall–Kier alpha value is -2.05. The van der Waals surface area contributed by atoms with Crippen LogP contribution in [0.3, 0.4) is 0 Å². The van der Waals surface area contributed by atoms with Gasteiger partial charge in [0.1, 0.15) is 0 Å². The lowest BCUT2D eigenvalue weighted by molar-refractivity contribution is -0.138. The van der Waals surface area contributed by atoms with Crippen molar-refractivity contribution >= 4 is 11.8 Å². The summed E-state index contributed by atoms with van der Waals surface area (Å²) in [6, 6.07) is 0. The van der Waals surface area contributed by atoms with E-state index in [1.807, 2.05) is 0 Å². The van der Waals surface area contributed by atoms with Crippen LogP contribution in [0.15, 0.2) is 11.1 Å². The molecule has 0 aromatic carbocycles. The van der Waals surface area contributed by atoms with Gasteiger partial charge in [0.2, 0.25) is 0 Å². The molecule has 2 amide bonds. The minimum absolute atomic E-state index is 0.0584. The molecule has 0 saturated heterocycles. The highest BCUT2D eigenvalue weighted by molar-refractivity contribution is 6.18. The third-order valence-corrected chi connectivity index (χ3v) is 2.38. The molecule has 0 atom stereocenters. The fraction of sp³-hybridized carbons (Fsp3) is 0.375. The number of nitrogens with one attached hydrogen (secondary N) is 1. The van der Waals surface area contributed by atoms with Crippen LogP contribution in [0.25, 0.3) is 0 Å². The van der Waals surface area contributed by atoms with Gasteiger partial charge in [0.05, 0.1) is 6.54 Å². The van der Waals surface area contributed by atoms with E-state index in [9.17, 15) is 9.59 Å². The van der Waals surface area contributed by atoms with Crippen LogP contribution in [0.2, 0.25) is 0 Å². The van der Waals surface area contributed by atoms with Crippen molar-refractivity contribution < 1.29 is 9.59 Å². The Morgan fingerprint density at radius 3 is 2.27 bits per heavy atom. The van der Waals surface area contributed by atoms with Gasteiger partial charge in [-0.1, -0.05) is 5.21 Å². The van der Waals surface area contributed by atoms with Crippen molar-refractivity contribution in [1.29, 1.82) is 0 Å². The van der Waals surface area contributed by atoms with Crippen LogP contribution in [-0.2, 0) is 16.1 Å². The predicted molar refractivity (Wildman–Crippen MR) is 48.1 cm³/mol. The fourth-order valence-corrected chi connectivity index (χ4v) is 1.35. The zero-order valence-corrected chi connectivity index (χ0v) is 8.31. The van der Waals surface area contributed by atoms with Crippen molar-refractivity contribution in [3.63, 3.8) is 0 Å². The molecule has 1 N–H and O–H groups in total. The standard InChI is InChI=1S/C8H9N5O2/c1-4-5(2)8(15)13(7(4)14)3-6-9-11-12-10-6/h3H2,1-2H3,(H,9,10,11,12). The minimum Gasteiger partial charge on any atom is -0.269 e. The average molecular weight is 207 g/mol. The van der Waals surface area contributed by atoms with Crippen molar-refractivity contribution in [3.8, 4) is 0 Å². The van der Waals surface area contributed by atoms with Crippen LogP contribution < -0.4 is 0 Å². The summed E-state index contributed by atoms with van der Waals surface area (Å²) in [6.07, 6.45) is 0. The predicted octanol–water partition coefficient (Wildman–Crippen LogP) is -0.595. The topological polar surface area (TPSA) is 91.8 Å². The molecule has 0 aliphatic carbocycles. The zero-order valence-electron chi connectivity index (χ0n) is 8.31. The molecule has 1 aliphatic rings. The molecule has 1 aromatic heterocycles. The summed E-state index contributed by atoms with van der Waals surface area (Å²) in [5, 5.41) is 13.0. The van der Waals surface area contributed by atoms with Crippen LogP contribution in [0.5, 0.6) is 0 Å². The van der Waals surface area contributed by atoms with Crippen LogP contribution in [0.1, 0.15) is 19.7 Å². The Bertz CT molecular complexity index is 424. The van der Waals surface area contributed by atoms with Gasteiger partial charge in [0, 0.05) is 11.1 Å². The van der Waals surface area contributed by atoms with Gasteiger partial charge in [-0.3, -0.25) is 14.5 Å². The van der Waals surface area contributed by atoms with E-state index in [4.69, 9.17) is 0 Å². The maximum Gasteiger partial charge on any atom is 0.257 e. The molecule has 1 aromatic rings. The largest absolute Gasteiger partial charge is 0.269 e. The molecule has 1 aliphatic heterocycles. The van der Waals surface area contributed by atoms with Gasteiger partial charge in [-0.15, -0.1) is 10.2 Å². The molecule has 7 heteroatoms. The van der Waals surface area contributed by atoms with Crippen molar-refractivity contribution in [2.75, 3.05) is 0 Å². The maximum atomic E-state index is 11.6. The number of nitrogens with zero attached hydrogens (tertiary/aromatic N) is 4. The van der Waals surface area contributed by atoms with E-state index in [-0.39, 0.29) is 18.4 Å². The SMILES string of the molecule is CC1=C(C)C(=O)N(Cc2nn[nH]n2)C1=O. The first-order valence-electron chi connectivity index (χ1n) is 4.37. The number of carbonyl (C=O) groups is 2. The second kappa shape index (κ2) is 3.26. The van der Waals surface area contributed by atoms with E-state index < -0.39 is 0 Å². The molecule has 0 unspecified atom stereocenters. The Morgan fingerprint density at radius 2 is 1.80 bits per heavy atom. The number of H-pyrrole nitrogens is 1. The number of imide groups is 1. The molecule has 0 radical (unpaired) electrons. The van der Waals surface area contributed by atoms with Gasteiger partial charge >= 0.3 is 0 Å². The number of carbonyl (C=O) groups excluding carboxylic acids is 2. The summed E-state index contributed by atoms with van der Waals surface area (Å²) in [7, 11) is 0. The maximum absolute atomic E-state index is 11.6. The number of aromatic amines is 1. The van der Waals surface area contributed by atoms with E-state index in [1.165, 1.54) is 0 Å². The highest BCUT2D eigenvalue weighted by Gasteiger charge is 2.33. The third kappa shape index (κ3) is 1.41. The Kier molecular flexibility index (Phi) is 2.07. The smallest absolute Gasteiger partial charge is 0.257 e. The molecular weight excluding hydrogens is 198 g/mol. The third-order valence-electron chi connectivity index (χ3n) is 2.38. The summed E-state index contributed by atoms with van der Waals surface area (Å²) >= 11 is 0. The van der Waals surface area contributed by atoms with Gasteiger partial charge in [0.15, 0.2) is 5.82 Å². The Morgan fingerprint density at radius 1 is 1.20 bits per heavy atom. The normalized spacial score (nSPS) is 16.8. The number of amides is 2. The number of aromatic nitrogens is 4. The molecule has 7 nitrogen and oxygen atoms in total. The van der Waals surface area contributed by atoms with Crippen molar-refractivity contribution in [3.05, 3.63) is 17.0 Å². The second-order valence-corrected chi connectivity index (χ2v) is 3.27. The van der Waals surface area contributed by atoms with Gasteiger partial charge in [-0.25, -0.2) is 0 Å². The highest BCUT2D eigenvalue weighted by Crippen LogP contribution is 2.20. The molecule has 15 heavy (non-hydrogen) atoms. The average Bonchev–Trinajstić information content (AvgIpc) is 2.79. The van der Waals surface area contributed by atoms with Gasteiger partial charge in [-0.2, -0.15) is 5.21 Å². The van der Waals surface area contributed by atoms with E-state index in [0.29, 0.717) is 17.0 Å². The minimum atomic E-state index is -0.290. The molecule has 0 fully saturated rings. The summed E-state index contributed by atoms with van der Waals surface area (Å²) in [6.45, 7) is 3.32. The molecule has 2 heterocycles. The molecule has 0 spiro atoms. The number of tetrazole rings is 1. The fourth-order valence-electron chi connectivity index (χ4n) is 1.35. The first-order chi connectivity index (χ1) is 7.11. The van der Waals surface area contributed by atoms with Gasteiger partial charge in [-0.05, 0) is 13.8 Å². The monoisotopic (exact) mass is 207 g/mol. The first kappa shape index (κ1) is 9.50. The zero-order chi connectivity index (χ0) is 11.0. The Labute approximate surface area is 85.1 Å². The summed E-state index contributed by atoms with van der Waals surface area (Å²) < 4.78 is 0. The molecule has 2 rings (SSSR count). The van der Waals surface area contributed by atoms with Gasteiger partial charge < -0.3 is 0 Å². The Balaban J connectivity index is 2.21. The van der Waals surface area contributed by atoms with Crippen LogP contribution in [0, 0.1) is 0 Å². The van der Waals surface area contributed by atoms with E-state index in [2.05, 4.69) is 20.6 Å². The van der Waals surface area contributed by atoms with E-state index >= 15 is 0 Å². The number of hydrogen-bond acceptors (Lipinski definition) is 5. The highest BCUT2D eigenvalue weighted by atomic mass is 16.2. The lowest BCUT2D eigenvalue weighted by Crippen LogP contribution is -2.31. The summed E-state index contributed by atoms with van der Waals surface area (Å²) in [5.74, 6) is -0.260. The summed E-state index contributed by atoms with van der Waals surface area (Å²) in [4.78, 5) is 24.3. The molecule has 0 bridgehead atoms. The van der Waals surface area contributed by atoms with E-state index in [1.54, 1.807) is 13.8 Å². The quantitative estimate of drug-likeness (QED) is 0.654. The van der Waals surface area contributed by atoms with Gasteiger partial charge in [0.25, 0.3) is 11.8 Å². The van der Waals surface area contributed by atoms with Crippen molar-refractivity contribution in [2.24, 2.45) is 0 Å². The number of rotatable bonds is 2. The molecule has 78 valence electrons. The van der Waals surface area contributed by atoms with Crippen LogP contribution in [0.4, 0.5) is 0 Å². The van der Waals surface area contributed by atoms with Crippen molar-refractivity contribution in [1.82, 2.24) is 25.5 Å². The molecule has 0 saturated carbocycles. The number of hydrogen-bond donors (Lipinski definition) is 1. The molecular formula is C8H9N5O2. The van der Waals surface area contributed by atoms with E-state index in [0.717, 1.165) is 4.90 Å². The first-order valence-corrected chi connectivity index (χ1v) is 4.37. The van der Waals surface area contributed by atoms with Crippen LogP contribution >= 0.6 is 0 Å². The lowest BCUT2D eigenvalue weighted by Gasteiger charge is -2.11. The lowest BCUT2D eigenvalue weighted by atomic mass is 10.2.